The van der Waals surface area contributed by atoms with Gasteiger partial charge in [0.1, 0.15) is 5.76 Å². The SMILES string of the molecule is Cc1ccoc1CNc1cccc(C(=O)O)c1. The molecule has 0 aliphatic heterocycles. The Morgan fingerprint density at radius 2 is 2.24 bits per heavy atom. The summed E-state index contributed by atoms with van der Waals surface area (Å²) in [6.45, 7) is 2.51. The smallest absolute Gasteiger partial charge is 0.335 e. The van der Waals surface area contributed by atoms with Gasteiger partial charge in [-0.05, 0) is 36.8 Å². The van der Waals surface area contributed by atoms with Crippen molar-refractivity contribution in [3.05, 3.63) is 53.5 Å². The van der Waals surface area contributed by atoms with Crippen LogP contribution < -0.4 is 5.32 Å². The lowest BCUT2D eigenvalue weighted by atomic mass is 10.2. The van der Waals surface area contributed by atoms with Gasteiger partial charge >= 0.3 is 5.97 Å². The Hall–Kier alpha value is -2.23. The van der Waals surface area contributed by atoms with Gasteiger partial charge in [-0.1, -0.05) is 6.07 Å². The maximum Gasteiger partial charge on any atom is 0.335 e. The Kier molecular flexibility index (Phi) is 3.14. The molecule has 0 spiro atoms. The van der Waals surface area contributed by atoms with E-state index in [4.69, 9.17) is 9.52 Å². The maximum absolute atomic E-state index is 10.8. The van der Waals surface area contributed by atoms with Crippen LogP contribution in [0.2, 0.25) is 0 Å². The van der Waals surface area contributed by atoms with Crippen molar-refractivity contribution in [2.24, 2.45) is 0 Å². The molecule has 17 heavy (non-hydrogen) atoms. The number of carbonyl (C=O) groups is 1. The number of rotatable bonds is 4. The normalized spacial score (nSPS) is 10.2. The molecule has 0 fully saturated rings. The first kappa shape index (κ1) is 11.3. The molecule has 0 radical (unpaired) electrons. The molecule has 0 unspecified atom stereocenters. The maximum atomic E-state index is 10.8. The van der Waals surface area contributed by atoms with Crippen LogP contribution in [0.4, 0.5) is 5.69 Å². The Balaban J connectivity index is 2.07. The topological polar surface area (TPSA) is 62.5 Å². The van der Waals surface area contributed by atoms with Crippen LogP contribution in [0, 0.1) is 6.92 Å². The van der Waals surface area contributed by atoms with Crippen molar-refractivity contribution in [1.82, 2.24) is 0 Å². The van der Waals surface area contributed by atoms with Gasteiger partial charge in [0.15, 0.2) is 0 Å². The van der Waals surface area contributed by atoms with Gasteiger partial charge < -0.3 is 14.8 Å². The van der Waals surface area contributed by atoms with Crippen molar-refractivity contribution in [3.8, 4) is 0 Å². The number of carboxylic acids is 1. The molecule has 0 amide bonds. The standard InChI is InChI=1S/C13H13NO3/c1-9-5-6-17-12(9)8-14-11-4-2-3-10(7-11)13(15)16/h2-7,14H,8H2,1H3,(H,15,16). The summed E-state index contributed by atoms with van der Waals surface area (Å²) < 4.78 is 5.28. The average molecular weight is 231 g/mol. The van der Waals surface area contributed by atoms with Gasteiger partial charge in [-0.15, -0.1) is 0 Å². The van der Waals surface area contributed by atoms with Crippen molar-refractivity contribution >= 4 is 11.7 Å². The molecule has 0 aliphatic rings. The average Bonchev–Trinajstić information content (AvgIpc) is 2.72. The van der Waals surface area contributed by atoms with Crippen LogP contribution >= 0.6 is 0 Å². The second kappa shape index (κ2) is 4.74. The van der Waals surface area contributed by atoms with Crippen molar-refractivity contribution in [2.75, 3.05) is 5.32 Å². The Labute approximate surface area is 98.9 Å². The van der Waals surface area contributed by atoms with Crippen molar-refractivity contribution in [2.45, 2.75) is 13.5 Å². The molecule has 0 atom stereocenters. The van der Waals surface area contributed by atoms with Crippen LogP contribution in [-0.2, 0) is 6.54 Å². The molecule has 1 aromatic carbocycles. The summed E-state index contributed by atoms with van der Waals surface area (Å²) in [5.74, 6) is -0.0754. The quantitative estimate of drug-likeness (QED) is 0.849. The highest BCUT2D eigenvalue weighted by atomic mass is 16.4. The minimum Gasteiger partial charge on any atom is -0.478 e. The highest BCUT2D eigenvalue weighted by molar-refractivity contribution is 5.88. The molecule has 4 nitrogen and oxygen atoms in total. The Bertz CT molecular complexity index is 531. The number of furan rings is 1. The van der Waals surface area contributed by atoms with E-state index in [-0.39, 0.29) is 5.56 Å². The predicted molar refractivity (Wildman–Crippen MR) is 64.2 cm³/mol. The van der Waals surface area contributed by atoms with E-state index in [2.05, 4.69) is 5.32 Å². The van der Waals surface area contributed by atoms with Gasteiger partial charge in [-0.3, -0.25) is 0 Å². The zero-order chi connectivity index (χ0) is 12.3. The molecule has 4 heteroatoms. The summed E-state index contributed by atoms with van der Waals surface area (Å²) in [4.78, 5) is 10.8. The van der Waals surface area contributed by atoms with Crippen LogP contribution in [0.25, 0.3) is 0 Å². The van der Waals surface area contributed by atoms with Gasteiger partial charge in [0, 0.05) is 5.69 Å². The summed E-state index contributed by atoms with van der Waals surface area (Å²) in [5.41, 5.74) is 2.11. The van der Waals surface area contributed by atoms with Gasteiger partial charge in [-0.2, -0.15) is 0 Å². The number of aromatic carboxylic acids is 1. The van der Waals surface area contributed by atoms with Crippen molar-refractivity contribution < 1.29 is 14.3 Å². The third kappa shape index (κ3) is 2.66. The monoisotopic (exact) mass is 231 g/mol. The number of hydrogen-bond donors (Lipinski definition) is 2. The van der Waals surface area contributed by atoms with Crippen LogP contribution in [0.15, 0.2) is 41.0 Å². The third-order valence-electron chi connectivity index (χ3n) is 2.53. The van der Waals surface area contributed by atoms with E-state index < -0.39 is 5.97 Å². The van der Waals surface area contributed by atoms with E-state index >= 15 is 0 Å². The fraction of sp³-hybridized carbons (Fsp3) is 0.154. The van der Waals surface area contributed by atoms with Gasteiger partial charge in [0.05, 0.1) is 18.4 Å². The number of carboxylic acid groups (broad SMARTS) is 1. The van der Waals surface area contributed by atoms with E-state index in [1.165, 1.54) is 0 Å². The number of aryl methyl sites for hydroxylation is 1. The van der Waals surface area contributed by atoms with E-state index in [0.717, 1.165) is 17.0 Å². The van der Waals surface area contributed by atoms with Crippen LogP contribution in [-0.4, -0.2) is 11.1 Å². The lowest BCUT2D eigenvalue weighted by Gasteiger charge is -2.05. The zero-order valence-corrected chi connectivity index (χ0v) is 9.43. The lowest BCUT2D eigenvalue weighted by molar-refractivity contribution is 0.0697. The van der Waals surface area contributed by atoms with E-state index in [1.54, 1.807) is 24.5 Å². The Morgan fingerprint density at radius 1 is 1.41 bits per heavy atom. The summed E-state index contributed by atoms with van der Waals surface area (Å²) in [5, 5.41) is 12.0. The van der Waals surface area contributed by atoms with Crippen LogP contribution in [0.5, 0.6) is 0 Å². The number of nitrogens with one attached hydrogen (secondary N) is 1. The van der Waals surface area contributed by atoms with Crippen LogP contribution in [0.1, 0.15) is 21.7 Å². The zero-order valence-electron chi connectivity index (χ0n) is 9.43. The predicted octanol–water partition coefficient (Wildman–Crippen LogP) is 2.90. The molecule has 1 heterocycles. The first-order valence-electron chi connectivity index (χ1n) is 5.27. The summed E-state index contributed by atoms with van der Waals surface area (Å²) >= 11 is 0. The van der Waals surface area contributed by atoms with Crippen molar-refractivity contribution in [3.63, 3.8) is 0 Å². The Morgan fingerprint density at radius 3 is 2.88 bits per heavy atom. The number of anilines is 1. The first-order valence-corrected chi connectivity index (χ1v) is 5.27. The molecule has 0 bridgehead atoms. The molecule has 0 saturated carbocycles. The second-order valence-electron chi connectivity index (χ2n) is 3.77. The number of hydrogen-bond acceptors (Lipinski definition) is 3. The molecule has 0 aliphatic carbocycles. The molecule has 88 valence electrons. The van der Waals surface area contributed by atoms with Gasteiger partial charge in [-0.25, -0.2) is 4.79 Å². The summed E-state index contributed by atoms with van der Waals surface area (Å²) in [6.07, 6.45) is 1.64. The molecule has 2 N–H and O–H groups in total. The van der Waals surface area contributed by atoms with Crippen LogP contribution in [0.3, 0.4) is 0 Å². The summed E-state index contributed by atoms with van der Waals surface area (Å²) in [6, 6.07) is 8.59. The summed E-state index contributed by atoms with van der Waals surface area (Å²) in [7, 11) is 0. The largest absolute Gasteiger partial charge is 0.478 e. The van der Waals surface area contributed by atoms with Crippen molar-refractivity contribution in [1.29, 1.82) is 0 Å². The second-order valence-corrected chi connectivity index (χ2v) is 3.77. The first-order chi connectivity index (χ1) is 8.16. The fourth-order valence-corrected chi connectivity index (χ4v) is 1.53. The lowest BCUT2D eigenvalue weighted by Crippen LogP contribution is -2.02. The third-order valence-corrected chi connectivity index (χ3v) is 2.53. The van der Waals surface area contributed by atoms with E-state index in [1.807, 2.05) is 19.1 Å². The minimum absolute atomic E-state index is 0.270. The molecule has 1 aromatic heterocycles. The van der Waals surface area contributed by atoms with E-state index in [9.17, 15) is 4.79 Å². The molecule has 2 rings (SSSR count). The fourth-order valence-electron chi connectivity index (χ4n) is 1.53. The molecule has 0 saturated heterocycles. The van der Waals surface area contributed by atoms with Gasteiger partial charge in [0.25, 0.3) is 0 Å². The molecular formula is C13H13NO3. The minimum atomic E-state index is -0.928. The molecule has 2 aromatic rings. The highest BCUT2D eigenvalue weighted by Crippen LogP contribution is 2.14. The highest BCUT2D eigenvalue weighted by Gasteiger charge is 2.04. The number of benzene rings is 1. The van der Waals surface area contributed by atoms with E-state index in [0.29, 0.717) is 6.54 Å². The van der Waals surface area contributed by atoms with Gasteiger partial charge in [0.2, 0.25) is 0 Å². The molecular weight excluding hydrogens is 218 g/mol.